The summed E-state index contributed by atoms with van der Waals surface area (Å²) in [4.78, 5) is 11.3. The molecule has 11 heavy (non-hydrogen) atoms. The van der Waals surface area contributed by atoms with Crippen molar-refractivity contribution in [2.45, 2.75) is 39.2 Å². The van der Waals surface area contributed by atoms with Crippen LogP contribution in [0.2, 0.25) is 0 Å². The molecule has 0 heterocycles. The molecule has 0 fully saturated rings. The molecule has 0 aromatic carbocycles. The second kappa shape index (κ2) is 3.67. The summed E-state index contributed by atoms with van der Waals surface area (Å²) in [7, 11) is 0. The van der Waals surface area contributed by atoms with Crippen LogP contribution in [0.25, 0.3) is 0 Å². The van der Waals surface area contributed by atoms with E-state index in [2.05, 4.69) is 6.58 Å². The molecule has 2 nitrogen and oxygen atoms in total. The van der Waals surface area contributed by atoms with Gasteiger partial charge in [-0.3, -0.25) is 4.79 Å². The zero-order valence-corrected chi connectivity index (χ0v) is 7.61. The molecule has 0 spiro atoms. The zero-order chi connectivity index (χ0) is 9.07. The first-order valence-electron chi connectivity index (χ1n) is 3.91. The van der Waals surface area contributed by atoms with E-state index >= 15 is 0 Å². The van der Waals surface area contributed by atoms with Crippen molar-refractivity contribution < 1.29 is 4.79 Å². The van der Waals surface area contributed by atoms with Crippen LogP contribution in [0.5, 0.6) is 0 Å². The van der Waals surface area contributed by atoms with E-state index in [9.17, 15) is 4.79 Å². The highest BCUT2D eigenvalue weighted by atomic mass is 16.1. The molecule has 0 amide bonds. The minimum atomic E-state index is -0.708. The van der Waals surface area contributed by atoms with Crippen LogP contribution < -0.4 is 5.73 Å². The van der Waals surface area contributed by atoms with Gasteiger partial charge < -0.3 is 5.73 Å². The summed E-state index contributed by atoms with van der Waals surface area (Å²) in [5.74, 6) is -0.0284. The van der Waals surface area contributed by atoms with Crippen molar-refractivity contribution in [1.29, 1.82) is 0 Å². The SMILES string of the molecule is C=C(C)C(=O)C(C)(N)CCC. The van der Waals surface area contributed by atoms with Gasteiger partial charge in [0, 0.05) is 0 Å². The Balaban J connectivity index is 4.29. The Hall–Kier alpha value is -0.630. The Labute approximate surface area is 68.5 Å². The average Bonchev–Trinajstić information content (AvgIpc) is 1.86. The topological polar surface area (TPSA) is 43.1 Å². The Bertz CT molecular complexity index is 170. The van der Waals surface area contributed by atoms with Gasteiger partial charge >= 0.3 is 0 Å². The monoisotopic (exact) mass is 155 g/mol. The van der Waals surface area contributed by atoms with Crippen molar-refractivity contribution in [2.75, 3.05) is 0 Å². The van der Waals surface area contributed by atoms with E-state index in [1.54, 1.807) is 13.8 Å². The lowest BCUT2D eigenvalue weighted by atomic mass is 9.89. The predicted octanol–water partition coefficient (Wildman–Crippen LogP) is 1.65. The number of rotatable bonds is 4. The number of hydrogen-bond donors (Lipinski definition) is 1. The third-order valence-electron chi connectivity index (χ3n) is 1.68. The third kappa shape index (κ3) is 2.85. The third-order valence-corrected chi connectivity index (χ3v) is 1.68. The van der Waals surface area contributed by atoms with Gasteiger partial charge in [0.1, 0.15) is 0 Å². The summed E-state index contributed by atoms with van der Waals surface area (Å²) in [6.45, 7) is 9.04. The number of carbonyl (C=O) groups is 1. The van der Waals surface area contributed by atoms with Gasteiger partial charge in [-0.2, -0.15) is 0 Å². The van der Waals surface area contributed by atoms with E-state index in [0.29, 0.717) is 5.57 Å². The second-order valence-electron chi connectivity index (χ2n) is 3.28. The number of nitrogens with two attached hydrogens (primary N) is 1. The number of carbonyl (C=O) groups excluding carboxylic acids is 1. The van der Waals surface area contributed by atoms with Crippen molar-refractivity contribution in [2.24, 2.45) is 5.73 Å². The molecule has 0 aliphatic heterocycles. The maximum atomic E-state index is 11.3. The van der Waals surface area contributed by atoms with E-state index in [-0.39, 0.29) is 5.78 Å². The largest absolute Gasteiger partial charge is 0.319 e. The van der Waals surface area contributed by atoms with Crippen molar-refractivity contribution in [3.63, 3.8) is 0 Å². The summed E-state index contributed by atoms with van der Waals surface area (Å²) < 4.78 is 0. The Morgan fingerprint density at radius 1 is 1.64 bits per heavy atom. The minimum absolute atomic E-state index is 0.0284. The van der Waals surface area contributed by atoms with Gasteiger partial charge in [-0.05, 0) is 25.8 Å². The van der Waals surface area contributed by atoms with Crippen LogP contribution in [0.4, 0.5) is 0 Å². The van der Waals surface area contributed by atoms with E-state index in [1.807, 2.05) is 6.92 Å². The highest BCUT2D eigenvalue weighted by Crippen LogP contribution is 2.13. The fourth-order valence-electron chi connectivity index (χ4n) is 1.12. The van der Waals surface area contributed by atoms with E-state index in [1.165, 1.54) is 0 Å². The summed E-state index contributed by atoms with van der Waals surface area (Å²) >= 11 is 0. The Kier molecular flexibility index (Phi) is 3.46. The summed E-state index contributed by atoms with van der Waals surface area (Å²) in [5.41, 5.74) is 5.60. The molecule has 0 aliphatic carbocycles. The summed E-state index contributed by atoms with van der Waals surface area (Å²) in [6.07, 6.45) is 1.64. The first-order chi connectivity index (χ1) is 4.91. The summed E-state index contributed by atoms with van der Waals surface area (Å²) in [5, 5.41) is 0. The van der Waals surface area contributed by atoms with E-state index in [4.69, 9.17) is 5.73 Å². The van der Waals surface area contributed by atoms with Crippen molar-refractivity contribution in [1.82, 2.24) is 0 Å². The van der Waals surface area contributed by atoms with E-state index in [0.717, 1.165) is 12.8 Å². The molecule has 0 radical (unpaired) electrons. The van der Waals surface area contributed by atoms with Gasteiger partial charge in [-0.15, -0.1) is 0 Å². The molecule has 0 saturated heterocycles. The van der Waals surface area contributed by atoms with Crippen molar-refractivity contribution in [3.05, 3.63) is 12.2 Å². The van der Waals surface area contributed by atoms with Crippen LogP contribution >= 0.6 is 0 Å². The maximum absolute atomic E-state index is 11.3. The molecule has 2 heteroatoms. The molecule has 0 aromatic heterocycles. The highest BCUT2D eigenvalue weighted by molar-refractivity contribution is 6.01. The van der Waals surface area contributed by atoms with Gasteiger partial charge in [0.15, 0.2) is 5.78 Å². The quantitative estimate of drug-likeness (QED) is 0.627. The first-order valence-corrected chi connectivity index (χ1v) is 3.91. The fraction of sp³-hybridized carbons (Fsp3) is 0.667. The Morgan fingerprint density at radius 3 is 2.36 bits per heavy atom. The van der Waals surface area contributed by atoms with Crippen LogP contribution in [0, 0.1) is 0 Å². The molecule has 0 rings (SSSR count). The number of Topliss-reactive ketones (excluding diaryl/α,β-unsaturated/α-hetero) is 1. The molecule has 64 valence electrons. The standard InChI is InChI=1S/C9H17NO/c1-5-6-9(4,10)8(11)7(2)3/h2,5-6,10H2,1,3-4H3. The van der Waals surface area contributed by atoms with Gasteiger partial charge in [-0.25, -0.2) is 0 Å². The minimum Gasteiger partial charge on any atom is -0.319 e. The maximum Gasteiger partial charge on any atom is 0.177 e. The highest BCUT2D eigenvalue weighted by Gasteiger charge is 2.26. The normalized spacial score (nSPS) is 15.6. The van der Waals surface area contributed by atoms with Crippen molar-refractivity contribution >= 4 is 5.78 Å². The summed E-state index contributed by atoms with van der Waals surface area (Å²) in [6, 6.07) is 0. The van der Waals surface area contributed by atoms with Crippen LogP contribution in [0.15, 0.2) is 12.2 Å². The van der Waals surface area contributed by atoms with Gasteiger partial charge in [0.25, 0.3) is 0 Å². The van der Waals surface area contributed by atoms with Crippen molar-refractivity contribution in [3.8, 4) is 0 Å². The number of ketones is 1. The molecule has 0 saturated carbocycles. The smallest absolute Gasteiger partial charge is 0.177 e. The molecule has 0 aliphatic rings. The molecular formula is C9H17NO. The molecule has 1 unspecified atom stereocenters. The predicted molar refractivity (Wildman–Crippen MR) is 47.3 cm³/mol. The first kappa shape index (κ1) is 10.4. The Morgan fingerprint density at radius 2 is 2.09 bits per heavy atom. The number of hydrogen-bond acceptors (Lipinski definition) is 2. The van der Waals surface area contributed by atoms with Crippen LogP contribution in [0.3, 0.4) is 0 Å². The van der Waals surface area contributed by atoms with Crippen LogP contribution in [0.1, 0.15) is 33.6 Å². The van der Waals surface area contributed by atoms with Crippen LogP contribution in [-0.2, 0) is 4.79 Å². The molecule has 1 atom stereocenters. The molecule has 2 N–H and O–H groups in total. The zero-order valence-electron chi connectivity index (χ0n) is 7.61. The second-order valence-corrected chi connectivity index (χ2v) is 3.28. The van der Waals surface area contributed by atoms with Crippen LogP contribution in [-0.4, -0.2) is 11.3 Å². The lowest BCUT2D eigenvalue weighted by molar-refractivity contribution is -0.120. The van der Waals surface area contributed by atoms with Gasteiger partial charge in [-0.1, -0.05) is 19.9 Å². The average molecular weight is 155 g/mol. The lowest BCUT2D eigenvalue weighted by Crippen LogP contribution is -2.45. The molecule has 0 aromatic rings. The van der Waals surface area contributed by atoms with Gasteiger partial charge in [0.2, 0.25) is 0 Å². The molecule has 0 bridgehead atoms. The lowest BCUT2D eigenvalue weighted by Gasteiger charge is -2.21. The van der Waals surface area contributed by atoms with E-state index < -0.39 is 5.54 Å². The molecular weight excluding hydrogens is 138 g/mol. The fourth-order valence-corrected chi connectivity index (χ4v) is 1.12. The van der Waals surface area contributed by atoms with Gasteiger partial charge in [0.05, 0.1) is 5.54 Å².